The standard InChI is InChI=1S/C13H16BrN3O4/c1-7(2)16-13(20)17-11(18)6-21-12(19)9-5-8(14)3-4-10(9)15/h3-5,7H,6,15H2,1-2H3,(H2,16,17,18,20). The number of halogens is 1. The maximum absolute atomic E-state index is 11.8. The van der Waals surface area contributed by atoms with E-state index in [-0.39, 0.29) is 17.3 Å². The molecule has 0 bridgehead atoms. The summed E-state index contributed by atoms with van der Waals surface area (Å²) in [6.45, 7) is 2.93. The number of benzene rings is 1. The van der Waals surface area contributed by atoms with Crippen molar-refractivity contribution in [3.63, 3.8) is 0 Å². The second-order valence-electron chi connectivity index (χ2n) is 4.48. The number of hydrogen-bond acceptors (Lipinski definition) is 5. The van der Waals surface area contributed by atoms with Crippen molar-refractivity contribution in [1.82, 2.24) is 10.6 Å². The van der Waals surface area contributed by atoms with E-state index < -0.39 is 24.5 Å². The highest BCUT2D eigenvalue weighted by atomic mass is 79.9. The maximum Gasteiger partial charge on any atom is 0.340 e. The van der Waals surface area contributed by atoms with Crippen LogP contribution in [0.4, 0.5) is 10.5 Å². The SMILES string of the molecule is CC(C)NC(=O)NC(=O)COC(=O)c1cc(Br)ccc1N. The third kappa shape index (κ3) is 5.82. The zero-order valence-corrected chi connectivity index (χ0v) is 13.2. The number of rotatable bonds is 4. The molecule has 0 heterocycles. The van der Waals surface area contributed by atoms with Gasteiger partial charge in [0.15, 0.2) is 6.61 Å². The molecule has 4 N–H and O–H groups in total. The lowest BCUT2D eigenvalue weighted by molar-refractivity contribution is -0.123. The minimum atomic E-state index is -0.742. The van der Waals surface area contributed by atoms with Crippen LogP contribution in [0.3, 0.4) is 0 Å². The first-order chi connectivity index (χ1) is 9.79. The molecule has 0 aliphatic carbocycles. The highest BCUT2D eigenvalue weighted by Crippen LogP contribution is 2.19. The minimum absolute atomic E-state index is 0.109. The van der Waals surface area contributed by atoms with Gasteiger partial charge in [-0.3, -0.25) is 10.1 Å². The predicted octanol–water partition coefficient (Wildman–Crippen LogP) is 1.42. The Morgan fingerprint density at radius 1 is 1.33 bits per heavy atom. The fraction of sp³-hybridized carbons (Fsp3) is 0.308. The Labute approximate surface area is 130 Å². The molecule has 0 spiro atoms. The highest BCUT2D eigenvalue weighted by Gasteiger charge is 2.15. The Hall–Kier alpha value is -2.09. The van der Waals surface area contributed by atoms with Crippen LogP contribution in [-0.2, 0) is 9.53 Å². The first kappa shape index (κ1) is 17.0. The molecule has 7 nitrogen and oxygen atoms in total. The lowest BCUT2D eigenvalue weighted by Gasteiger charge is -2.10. The number of carbonyl (C=O) groups excluding carboxylic acids is 3. The van der Waals surface area contributed by atoms with Crippen LogP contribution in [0.15, 0.2) is 22.7 Å². The summed E-state index contributed by atoms with van der Waals surface area (Å²) in [7, 11) is 0. The summed E-state index contributed by atoms with van der Waals surface area (Å²) in [5, 5.41) is 4.51. The Bertz CT molecular complexity index is 560. The van der Waals surface area contributed by atoms with Crippen molar-refractivity contribution < 1.29 is 19.1 Å². The van der Waals surface area contributed by atoms with Gasteiger partial charge in [-0.05, 0) is 32.0 Å². The highest BCUT2D eigenvalue weighted by molar-refractivity contribution is 9.10. The Morgan fingerprint density at radius 3 is 2.62 bits per heavy atom. The number of carbonyl (C=O) groups is 3. The van der Waals surface area contributed by atoms with Crippen molar-refractivity contribution >= 4 is 39.5 Å². The summed E-state index contributed by atoms with van der Waals surface area (Å²) in [5.41, 5.74) is 6.03. The lowest BCUT2D eigenvalue weighted by atomic mass is 10.2. The second kappa shape index (κ2) is 7.63. The van der Waals surface area contributed by atoms with Crippen molar-refractivity contribution in [1.29, 1.82) is 0 Å². The molecule has 3 amide bonds. The first-order valence-corrected chi connectivity index (χ1v) is 6.91. The number of nitrogen functional groups attached to an aromatic ring is 1. The van der Waals surface area contributed by atoms with Gasteiger partial charge < -0.3 is 15.8 Å². The van der Waals surface area contributed by atoms with Gasteiger partial charge in [0.05, 0.1) is 5.56 Å². The van der Waals surface area contributed by atoms with Gasteiger partial charge in [-0.2, -0.15) is 0 Å². The van der Waals surface area contributed by atoms with Crippen molar-refractivity contribution in [3.8, 4) is 0 Å². The largest absolute Gasteiger partial charge is 0.452 e. The van der Waals surface area contributed by atoms with E-state index >= 15 is 0 Å². The Morgan fingerprint density at radius 2 is 2.00 bits per heavy atom. The lowest BCUT2D eigenvalue weighted by Crippen LogP contribution is -2.44. The van der Waals surface area contributed by atoms with E-state index in [4.69, 9.17) is 10.5 Å². The average molecular weight is 358 g/mol. The summed E-state index contributed by atoms with van der Waals surface area (Å²) in [6, 6.07) is 3.95. The summed E-state index contributed by atoms with van der Waals surface area (Å²) in [6.07, 6.45) is 0. The summed E-state index contributed by atoms with van der Waals surface area (Å²) in [5.74, 6) is -1.47. The van der Waals surface area contributed by atoms with Crippen LogP contribution in [-0.4, -0.2) is 30.6 Å². The van der Waals surface area contributed by atoms with E-state index in [2.05, 4.69) is 21.2 Å². The summed E-state index contributed by atoms with van der Waals surface area (Å²) >= 11 is 3.20. The monoisotopic (exact) mass is 357 g/mol. The molecule has 0 saturated carbocycles. The number of amides is 3. The molecule has 1 aromatic carbocycles. The molecule has 0 saturated heterocycles. The molecule has 0 unspecified atom stereocenters. The molecule has 0 radical (unpaired) electrons. The van der Waals surface area contributed by atoms with Crippen LogP contribution in [0.5, 0.6) is 0 Å². The number of hydrogen-bond donors (Lipinski definition) is 3. The van der Waals surface area contributed by atoms with Gasteiger partial charge in [0, 0.05) is 16.2 Å². The molecule has 0 aliphatic heterocycles. The van der Waals surface area contributed by atoms with Gasteiger partial charge in [0.2, 0.25) is 0 Å². The van der Waals surface area contributed by atoms with E-state index in [0.717, 1.165) is 0 Å². The van der Waals surface area contributed by atoms with Crippen LogP contribution >= 0.6 is 15.9 Å². The second-order valence-corrected chi connectivity index (χ2v) is 5.40. The molecule has 0 atom stereocenters. The normalized spacial score (nSPS) is 10.1. The molecule has 21 heavy (non-hydrogen) atoms. The van der Waals surface area contributed by atoms with E-state index in [9.17, 15) is 14.4 Å². The number of ether oxygens (including phenoxy) is 1. The van der Waals surface area contributed by atoms with Gasteiger partial charge in [-0.1, -0.05) is 15.9 Å². The predicted molar refractivity (Wildman–Crippen MR) is 80.6 cm³/mol. The number of imide groups is 1. The topological polar surface area (TPSA) is 111 Å². The van der Waals surface area contributed by atoms with Gasteiger partial charge in [0.25, 0.3) is 5.91 Å². The summed E-state index contributed by atoms with van der Waals surface area (Å²) < 4.78 is 5.46. The number of nitrogens with two attached hydrogens (primary N) is 1. The van der Waals surface area contributed by atoms with E-state index in [1.165, 1.54) is 12.1 Å². The fourth-order valence-electron chi connectivity index (χ4n) is 1.38. The van der Waals surface area contributed by atoms with Crippen molar-refractivity contribution in [2.75, 3.05) is 12.3 Å². The van der Waals surface area contributed by atoms with Crippen molar-refractivity contribution in [2.45, 2.75) is 19.9 Å². The third-order valence-electron chi connectivity index (χ3n) is 2.24. The molecular weight excluding hydrogens is 342 g/mol. The minimum Gasteiger partial charge on any atom is -0.452 e. The Balaban J connectivity index is 2.51. The zero-order valence-electron chi connectivity index (χ0n) is 11.6. The third-order valence-corrected chi connectivity index (χ3v) is 2.74. The zero-order chi connectivity index (χ0) is 16.0. The smallest absolute Gasteiger partial charge is 0.340 e. The van der Waals surface area contributed by atoms with Crippen LogP contribution in [0.2, 0.25) is 0 Å². The molecule has 0 aromatic heterocycles. The van der Waals surface area contributed by atoms with E-state index in [1.54, 1.807) is 19.9 Å². The fourth-order valence-corrected chi connectivity index (χ4v) is 1.74. The number of urea groups is 1. The molecule has 1 rings (SSSR count). The van der Waals surface area contributed by atoms with Crippen molar-refractivity contribution in [3.05, 3.63) is 28.2 Å². The van der Waals surface area contributed by atoms with Crippen LogP contribution in [0, 0.1) is 0 Å². The number of nitrogens with one attached hydrogen (secondary N) is 2. The Kier molecular flexibility index (Phi) is 6.16. The van der Waals surface area contributed by atoms with Gasteiger partial charge in [-0.15, -0.1) is 0 Å². The van der Waals surface area contributed by atoms with Crippen LogP contribution < -0.4 is 16.4 Å². The average Bonchev–Trinajstić information content (AvgIpc) is 2.37. The molecule has 0 aliphatic rings. The van der Waals surface area contributed by atoms with Crippen molar-refractivity contribution in [2.24, 2.45) is 0 Å². The summed E-state index contributed by atoms with van der Waals surface area (Å²) in [4.78, 5) is 34.5. The van der Waals surface area contributed by atoms with Gasteiger partial charge >= 0.3 is 12.0 Å². The van der Waals surface area contributed by atoms with E-state index in [1.807, 2.05) is 5.32 Å². The molecule has 8 heteroatoms. The maximum atomic E-state index is 11.8. The number of esters is 1. The molecule has 0 fully saturated rings. The van der Waals surface area contributed by atoms with E-state index in [0.29, 0.717) is 4.47 Å². The molecular formula is C13H16BrN3O4. The van der Waals surface area contributed by atoms with Crippen LogP contribution in [0.25, 0.3) is 0 Å². The van der Waals surface area contributed by atoms with Gasteiger partial charge in [-0.25, -0.2) is 9.59 Å². The van der Waals surface area contributed by atoms with Crippen LogP contribution in [0.1, 0.15) is 24.2 Å². The first-order valence-electron chi connectivity index (χ1n) is 6.12. The van der Waals surface area contributed by atoms with Gasteiger partial charge in [0.1, 0.15) is 0 Å². The molecule has 1 aromatic rings. The quantitative estimate of drug-likeness (QED) is 0.557. The molecule has 114 valence electrons. The number of anilines is 1.